The molecule has 3 fully saturated rings. The Balaban J connectivity index is 0.891. The van der Waals surface area contributed by atoms with Gasteiger partial charge in [-0.05, 0) is 78.8 Å². The van der Waals surface area contributed by atoms with Gasteiger partial charge in [0.25, 0.3) is 5.91 Å². The maximum atomic E-state index is 16.6. The SMILES string of the molecule is CN(C)C(=O)c1cc2c(-c3cc(F)c(N4CCC(N5CCN(c6ccc(C7CCC(=O)NC7=O)cc6F)CC5)CC4)cc3F)cc(C3=CCCN(C(=O)CCn4cccn4)C3)c(F)c2[nH]1. The average Bonchev–Trinajstić information content (AvgIpc) is 4.01. The molecule has 65 heavy (non-hydrogen) atoms. The predicted molar refractivity (Wildman–Crippen MR) is 238 cm³/mol. The largest absolute Gasteiger partial charge is 0.369 e. The highest BCUT2D eigenvalue weighted by molar-refractivity contribution is 6.05. The number of rotatable bonds is 10. The fourth-order valence-corrected chi connectivity index (χ4v) is 9.82. The van der Waals surface area contributed by atoms with Gasteiger partial charge in [-0.15, -0.1) is 0 Å². The lowest BCUT2D eigenvalue weighted by Gasteiger charge is -2.44. The quantitative estimate of drug-likeness (QED) is 0.123. The zero-order valence-corrected chi connectivity index (χ0v) is 36.4. The number of aryl methyl sites for hydroxylation is 1. The first kappa shape index (κ1) is 43.7. The number of imide groups is 1. The number of hydrogen-bond donors (Lipinski definition) is 2. The number of amides is 4. The third kappa shape index (κ3) is 8.85. The second-order valence-electron chi connectivity index (χ2n) is 17.5. The first-order valence-corrected chi connectivity index (χ1v) is 22.2. The summed E-state index contributed by atoms with van der Waals surface area (Å²) in [4.78, 5) is 62.4. The normalized spacial score (nSPS) is 18.9. The van der Waals surface area contributed by atoms with Crippen LogP contribution in [0.4, 0.5) is 28.9 Å². The Kier molecular flexibility index (Phi) is 12.2. The maximum Gasteiger partial charge on any atom is 0.269 e. The van der Waals surface area contributed by atoms with Crippen LogP contribution in [0.5, 0.6) is 0 Å². The number of carbonyl (C=O) groups is 4. The summed E-state index contributed by atoms with van der Waals surface area (Å²) in [5.41, 5.74) is 1.98. The molecule has 0 saturated carbocycles. The number of piperazine rings is 1. The van der Waals surface area contributed by atoms with Crippen LogP contribution in [0.25, 0.3) is 27.6 Å². The number of hydrogen-bond acceptors (Lipinski definition) is 8. The fourth-order valence-electron chi connectivity index (χ4n) is 9.82. The van der Waals surface area contributed by atoms with E-state index in [2.05, 4.69) is 20.3 Å². The Morgan fingerprint density at radius 2 is 1.57 bits per heavy atom. The molecule has 4 aliphatic rings. The van der Waals surface area contributed by atoms with Crippen molar-refractivity contribution in [2.75, 3.05) is 76.3 Å². The summed E-state index contributed by atoms with van der Waals surface area (Å²) in [6, 6.07) is 12.1. The molecule has 3 saturated heterocycles. The molecule has 0 radical (unpaired) electrons. The number of nitrogens with zero attached hydrogens (tertiary/aromatic N) is 7. The lowest BCUT2D eigenvalue weighted by Crippen LogP contribution is -2.53. The van der Waals surface area contributed by atoms with Crippen molar-refractivity contribution in [2.45, 2.75) is 57.0 Å². The number of nitrogens with one attached hydrogen (secondary N) is 2. The highest BCUT2D eigenvalue weighted by Crippen LogP contribution is 2.40. The van der Waals surface area contributed by atoms with Gasteiger partial charge in [0, 0.05) is 127 Å². The van der Waals surface area contributed by atoms with Gasteiger partial charge in [0.15, 0.2) is 5.82 Å². The number of aromatic nitrogens is 3. The molecular weight excluding hydrogens is 843 g/mol. The lowest BCUT2D eigenvalue weighted by atomic mass is 9.90. The first-order chi connectivity index (χ1) is 31.3. The van der Waals surface area contributed by atoms with Gasteiger partial charge in [-0.3, -0.25) is 34.1 Å². The lowest BCUT2D eigenvalue weighted by molar-refractivity contribution is -0.134. The first-order valence-electron chi connectivity index (χ1n) is 22.2. The van der Waals surface area contributed by atoms with Crippen LogP contribution in [0, 0.1) is 23.3 Å². The van der Waals surface area contributed by atoms with Crippen LogP contribution in [0.15, 0.2) is 67.0 Å². The van der Waals surface area contributed by atoms with Gasteiger partial charge >= 0.3 is 0 Å². The van der Waals surface area contributed by atoms with Gasteiger partial charge in [0.1, 0.15) is 23.1 Å². The van der Waals surface area contributed by atoms with Crippen molar-refractivity contribution in [1.29, 1.82) is 0 Å². The number of fused-ring (bicyclic) bond motifs is 1. The summed E-state index contributed by atoms with van der Waals surface area (Å²) in [5, 5.41) is 6.71. The molecule has 2 N–H and O–H groups in total. The van der Waals surface area contributed by atoms with E-state index in [1.165, 1.54) is 29.2 Å². The molecule has 4 amide bonds. The summed E-state index contributed by atoms with van der Waals surface area (Å²) < 4.78 is 66.6. The van der Waals surface area contributed by atoms with E-state index in [0.29, 0.717) is 94.9 Å². The summed E-state index contributed by atoms with van der Waals surface area (Å²) in [6.07, 6.45) is 7.94. The molecule has 0 bridgehead atoms. The Hall–Kier alpha value is -6.49. The summed E-state index contributed by atoms with van der Waals surface area (Å²) in [6.45, 7) is 4.53. The van der Waals surface area contributed by atoms with Crippen LogP contribution in [0.1, 0.15) is 66.1 Å². The summed E-state index contributed by atoms with van der Waals surface area (Å²) in [5.74, 6) is -4.22. The highest BCUT2D eigenvalue weighted by atomic mass is 19.1. The Labute approximate surface area is 373 Å². The summed E-state index contributed by atoms with van der Waals surface area (Å²) >= 11 is 0. The van der Waals surface area contributed by atoms with Crippen LogP contribution in [0.3, 0.4) is 0 Å². The number of H-pyrrole nitrogens is 1. The highest BCUT2D eigenvalue weighted by Gasteiger charge is 2.33. The van der Waals surface area contributed by atoms with Crippen LogP contribution in [-0.4, -0.2) is 126 Å². The monoisotopic (exact) mass is 893 g/mol. The zero-order chi connectivity index (χ0) is 45.5. The molecule has 2 aromatic heterocycles. The minimum atomic E-state index is -0.703. The molecule has 340 valence electrons. The smallest absolute Gasteiger partial charge is 0.269 e. The summed E-state index contributed by atoms with van der Waals surface area (Å²) in [7, 11) is 3.13. The fraction of sp³-hybridized carbons (Fsp3) is 0.396. The number of piperidine rings is 2. The van der Waals surface area contributed by atoms with E-state index in [1.54, 1.807) is 54.3 Å². The van der Waals surface area contributed by atoms with Crippen molar-refractivity contribution in [3.63, 3.8) is 0 Å². The van der Waals surface area contributed by atoms with Crippen molar-refractivity contribution in [2.24, 2.45) is 0 Å². The Bertz CT molecular complexity index is 2680. The van der Waals surface area contributed by atoms with Crippen LogP contribution >= 0.6 is 0 Å². The third-order valence-electron chi connectivity index (χ3n) is 13.4. The van der Waals surface area contributed by atoms with E-state index in [1.807, 2.05) is 15.9 Å². The van der Waals surface area contributed by atoms with Crippen molar-refractivity contribution in [3.8, 4) is 11.1 Å². The molecule has 5 aromatic rings. The molecule has 1 unspecified atom stereocenters. The number of carbonyl (C=O) groups excluding carboxylic acids is 4. The maximum absolute atomic E-state index is 16.6. The Morgan fingerprint density at radius 3 is 2.28 bits per heavy atom. The number of benzene rings is 3. The number of halogens is 4. The molecular formula is C48H51F4N9O4. The molecule has 9 rings (SSSR count). The van der Waals surface area contributed by atoms with E-state index in [0.717, 1.165) is 6.07 Å². The van der Waals surface area contributed by atoms with Gasteiger partial charge in [0.2, 0.25) is 17.7 Å². The molecule has 6 heterocycles. The third-order valence-corrected chi connectivity index (χ3v) is 13.4. The van der Waals surface area contributed by atoms with E-state index in [4.69, 9.17) is 0 Å². The topological polar surface area (TPSA) is 130 Å². The average molecular weight is 894 g/mol. The molecule has 3 aromatic carbocycles. The van der Waals surface area contributed by atoms with Crippen LogP contribution in [-0.2, 0) is 20.9 Å². The molecule has 1 atom stereocenters. The minimum Gasteiger partial charge on any atom is -0.369 e. The van der Waals surface area contributed by atoms with Gasteiger partial charge in [-0.25, -0.2) is 17.6 Å². The molecule has 13 nitrogen and oxygen atoms in total. The van der Waals surface area contributed by atoms with E-state index in [9.17, 15) is 19.2 Å². The second kappa shape index (κ2) is 18.2. The number of aromatic amines is 1. The number of anilines is 2. The molecule has 0 aliphatic carbocycles. The van der Waals surface area contributed by atoms with Gasteiger partial charge in [-0.1, -0.05) is 12.1 Å². The zero-order valence-electron chi connectivity index (χ0n) is 36.4. The van der Waals surface area contributed by atoms with Crippen molar-refractivity contribution in [3.05, 3.63) is 107 Å². The van der Waals surface area contributed by atoms with Crippen molar-refractivity contribution >= 4 is 51.5 Å². The van der Waals surface area contributed by atoms with E-state index < -0.39 is 41.0 Å². The molecule has 0 spiro atoms. The van der Waals surface area contributed by atoms with Gasteiger partial charge in [0.05, 0.1) is 22.8 Å². The van der Waals surface area contributed by atoms with Crippen LogP contribution in [0.2, 0.25) is 0 Å². The predicted octanol–water partition coefficient (Wildman–Crippen LogP) is 6.31. The minimum absolute atomic E-state index is 0.0228. The van der Waals surface area contributed by atoms with Gasteiger partial charge < -0.3 is 24.6 Å². The second-order valence-corrected chi connectivity index (χ2v) is 17.5. The Morgan fingerprint density at radius 1 is 0.815 bits per heavy atom. The van der Waals surface area contributed by atoms with Crippen molar-refractivity contribution in [1.82, 2.24) is 34.8 Å². The van der Waals surface area contributed by atoms with E-state index in [-0.39, 0.29) is 76.2 Å². The molecule has 4 aliphatic heterocycles. The standard InChI is InChI=1S/C48H51F4N9O4/c1-56(2)48(65)40-26-36-34(24-33(45(52)46(36)54-40)30-5-3-14-60(28-30)44(63)12-18-61-15-4-13-53-61)35-25-39(51)42(27-37(35)49)58-16-10-31(11-17-58)57-19-21-59(22-20-57)41-8-6-29(23-38(41)50)32-7-9-43(62)55-47(32)64/h4-6,8,13,15,23-27,31-32,54H,3,7,9-12,14,16-22,28H2,1-2H3,(H,55,62,64). The molecule has 17 heteroatoms. The van der Waals surface area contributed by atoms with Crippen molar-refractivity contribution < 1.29 is 36.7 Å². The van der Waals surface area contributed by atoms with Crippen LogP contribution < -0.4 is 15.1 Å². The van der Waals surface area contributed by atoms with E-state index >= 15 is 17.6 Å². The van der Waals surface area contributed by atoms with Gasteiger partial charge in [-0.2, -0.15) is 5.10 Å².